The number of hydrogen-bond donors (Lipinski definition) is 0. The van der Waals surface area contributed by atoms with Gasteiger partial charge in [-0.1, -0.05) is 32.0 Å². The minimum absolute atomic E-state index is 0.0494. The molecule has 120 valence electrons. The maximum Gasteiger partial charge on any atom is 0.167 e. The van der Waals surface area contributed by atoms with Crippen LogP contribution in [0.15, 0.2) is 54.9 Å². The third-order valence-corrected chi connectivity index (χ3v) is 4.46. The lowest BCUT2D eigenvalue weighted by Gasteiger charge is -2.27. The number of rotatable bonds is 2. The highest BCUT2D eigenvalue weighted by Gasteiger charge is 2.36. The summed E-state index contributed by atoms with van der Waals surface area (Å²) in [6.07, 6.45) is 4.89. The number of Topliss-reactive ketones (excluding diaryl/α,β-unsaturated/α-hetero) is 1. The number of hydrogen-bond acceptors (Lipinski definition) is 3. The number of fused-ring (bicyclic) bond motifs is 1. The largest absolute Gasteiger partial charge is 0.294 e. The Kier molecular flexibility index (Phi) is 3.34. The van der Waals surface area contributed by atoms with Crippen molar-refractivity contribution in [2.24, 2.45) is 5.41 Å². The zero-order valence-electron chi connectivity index (χ0n) is 13.9. The molecule has 0 bridgehead atoms. The van der Waals surface area contributed by atoms with Gasteiger partial charge in [-0.2, -0.15) is 5.10 Å². The molecule has 0 saturated carbocycles. The summed E-state index contributed by atoms with van der Waals surface area (Å²) in [6, 6.07) is 13.8. The van der Waals surface area contributed by atoms with Crippen LogP contribution < -0.4 is 0 Å². The first-order valence-electron chi connectivity index (χ1n) is 8.16. The summed E-state index contributed by atoms with van der Waals surface area (Å²) in [5.74, 6) is 0.169. The Balaban J connectivity index is 2.00. The molecule has 1 aliphatic carbocycles. The highest BCUT2D eigenvalue weighted by Crippen LogP contribution is 2.39. The summed E-state index contributed by atoms with van der Waals surface area (Å²) in [6.45, 7) is 4.25. The maximum atomic E-state index is 12.9. The number of para-hydroxylation sites is 1. The van der Waals surface area contributed by atoms with Gasteiger partial charge in [0.2, 0.25) is 0 Å². The van der Waals surface area contributed by atoms with Crippen LogP contribution in [0.25, 0.3) is 16.9 Å². The molecule has 24 heavy (non-hydrogen) atoms. The first-order valence-corrected chi connectivity index (χ1v) is 8.16. The lowest BCUT2D eigenvalue weighted by atomic mass is 9.75. The number of carbonyl (C=O) groups excluding carboxylic acids is 1. The lowest BCUT2D eigenvalue weighted by Crippen LogP contribution is -2.26. The molecule has 4 rings (SSSR count). The average Bonchev–Trinajstić information content (AvgIpc) is 2.94. The summed E-state index contributed by atoms with van der Waals surface area (Å²) < 4.78 is 1.89. The Morgan fingerprint density at radius 3 is 2.54 bits per heavy atom. The van der Waals surface area contributed by atoms with Gasteiger partial charge in [-0.15, -0.1) is 0 Å². The average molecular weight is 317 g/mol. The fourth-order valence-corrected chi connectivity index (χ4v) is 3.44. The van der Waals surface area contributed by atoms with Gasteiger partial charge in [-0.25, -0.2) is 4.68 Å². The van der Waals surface area contributed by atoms with Crippen LogP contribution in [0, 0.1) is 5.41 Å². The Labute approximate surface area is 141 Å². The predicted molar refractivity (Wildman–Crippen MR) is 93.2 cm³/mol. The SMILES string of the molecule is CC1(C)CC(=O)c2c(nn(-c3ccccc3)c2-c2cccnc2)C1. The smallest absolute Gasteiger partial charge is 0.167 e. The van der Waals surface area contributed by atoms with Gasteiger partial charge < -0.3 is 0 Å². The van der Waals surface area contributed by atoms with Crippen LogP contribution in [0.2, 0.25) is 0 Å². The number of nitrogens with zero attached hydrogens (tertiary/aromatic N) is 3. The predicted octanol–water partition coefficient (Wildman–Crippen LogP) is 4.09. The van der Waals surface area contributed by atoms with E-state index in [2.05, 4.69) is 18.8 Å². The molecular weight excluding hydrogens is 298 g/mol. The molecule has 2 aromatic heterocycles. The third-order valence-electron chi connectivity index (χ3n) is 4.46. The van der Waals surface area contributed by atoms with Crippen molar-refractivity contribution < 1.29 is 4.79 Å². The molecule has 0 atom stereocenters. The first kappa shape index (κ1) is 14.8. The molecule has 0 spiro atoms. The van der Waals surface area contributed by atoms with E-state index in [1.54, 1.807) is 12.4 Å². The second kappa shape index (κ2) is 5.41. The quantitative estimate of drug-likeness (QED) is 0.715. The third kappa shape index (κ3) is 2.44. The van der Waals surface area contributed by atoms with Gasteiger partial charge in [0.1, 0.15) is 0 Å². The van der Waals surface area contributed by atoms with Gasteiger partial charge in [-0.05, 0) is 36.1 Å². The summed E-state index contributed by atoms with van der Waals surface area (Å²) in [4.78, 5) is 17.1. The second-order valence-electron chi connectivity index (χ2n) is 7.10. The highest BCUT2D eigenvalue weighted by molar-refractivity contribution is 6.04. The molecule has 0 fully saturated rings. The van der Waals surface area contributed by atoms with E-state index in [4.69, 9.17) is 5.10 Å². The summed E-state index contributed by atoms with van der Waals surface area (Å²) in [5, 5.41) is 4.81. The molecule has 0 radical (unpaired) electrons. The van der Waals surface area contributed by atoms with Crippen molar-refractivity contribution in [3.05, 3.63) is 66.1 Å². The topological polar surface area (TPSA) is 47.8 Å². The summed E-state index contributed by atoms with van der Waals surface area (Å²) in [5.41, 5.74) is 4.32. The fraction of sp³-hybridized carbons (Fsp3) is 0.250. The molecule has 0 amide bonds. The van der Waals surface area contributed by atoms with E-state index in [1.807, 2.05) is 47.1 Å². The number of pyridine rings is 1. The molecular formula is C20H19N3O. The van der Waals surface area contributed by atoms with E-state index >= 15 is 0 Å². The van der Waals surface area contributed by atoms with Crippen LogP contribution in [-0.2, 0) is 6.42 Å². The van der Waals surface area contributed by atoms with Crippen molar-refractivity contribution in [2.45, 2.75) is 26.7 Å². The molecule has 4 nitrogen and oxygen atoms in total. The summed E-state index contributed by atoms with van der Waals surface area (Å²) >= 11 is 0. The van der Waals surface area contributed by atoms with Crippen molar-refractivity contribution in [1.82, 2.24) is 14.8 Å². The lowest BCUT2D eigenvalue weighted by molar-refractivity contribution is 0.0912. The maximum absolute atomic E-state index is 12.9. The molecule has 3 aromatic rings. The monoisotopic (exact) mass is 317 g/mol. The molecule has 4 heteroatoms. The summed E-state index contributed by atoms with van der Waals surface area (Å²) in [7, 11) is 0. The van der Waals surface area contributed by atoms with Crippen LogP contribution >= 0.6 is 0 Å². The van der Waals surface area contributed by atoms with E-state index in [-0.39, 0.29) is 11.2 Å². The molecule has 0 saturated heterocycles. The Hall–Kier alpha value is -2.75. The number of benzene rings is 1. The van der Waals surface area contributed by atoms with Gasteiger partial charge in [0.15, 0.2) is 5.78 Å². The van der Waals surface area contributed by atoms with E-state index in [0.29, 0.717) is 6.42 Å². The van der Waals surface area contributed by atoms with Crippen molar-refractivity contribution >= 4 is 5.78 Å². The standard InChI is InChI=1S/C20H19N3O/c1-20(2)11-16-18(17(24)12-20)19(14-7-6-10-21-13-14)23(22-16)15-8-4-3-5-9-15/h3-10,13H,11-12H2,1-2H3. The van der Waals surface area contributed by atoms with Crippen LogP contribution in [0.3, 0.4) is 0 Å². The van der Waals surface area contributed by atoms with Crippen molar-refractivity contribution in [3.63, 3.8) is 0 Å². The molecule has 1 aromatic carbocycles. The molecule has 0 N–H and O–H groups in total. The minimum Gasteiger partial charge on any atom is -0.294 e. The van der Waals surface area contributed by atoms with Gasteiger partial charge in [0.05, 0.1) is 22.6 Å². The second-order valence-corrected chi connectivity index (χ2v) is 7.10. The van der Waals surface area contributed by atoms with E-state index in [9.17, 15) is 4.79 Å². The molecule has 0 unspecified atom stereocenters. The number of ketones is 1. The van der Waals surface area contributed by atoms with Crippen molar-refractivity contribution in [2.75, 3.05) is 0 Å². The van der Waals surface area contributed by atoms with Crippen LogP contribution in [0.4, 0.5) is 0 Å². The van der Waals surface area contributed by atoms with Gasteiger partial charge in [0, 0.05) is 24.4 Å². The van der Waals surface area contributed by atoms with Crippen molar-refractivity contribution in [3.8, 4) is 16.9 Å². The van der Waals surface area contributed by atoms with E-state index < -0.39 is 0 Å². The van der Waals surface area contributed by atoms with Crippen LogP contribution in [0.1, 0.15) is 36.3 Å². The Morgan fingerprint density at radius 2 is 1.83 bits per heavy atom. The zero-order chi connectivity index (χ0) is 16.7. The normalized spacial score (nSPS) is 16.0. The van der Waals surface area contributed by atoms with Crippen LogP contribution in [0.5, 0.6) is 0 Å². The fourth-order valence-electron chi connectivity index (χ4n) is 3.44. The van der Waals surface area contributed by atoms with Gasteiger partial charge >= 0.3 is 0 Å². The molecule has 1 aliphatic rings. The minimum atomic E-state index is -0.0494. The van der Waals surface area contributed by atoms with Crippen LogP contribution in [-0.4, -0.2) is 20.5 Å². The highest BCUT2D eigenvalue weighted by atomic mass is 16.1. The van der Waals surface area contributed by atoms with E-state index in [0.717, 1.165) is 34.6 Å². The number of carbonyl (C=O) groups is 1. The zero-order valence-corrected chi connectivity index (χ0v) is 13.9. The Bertz CT molecular complexity index is 895. The number of aromatic nitrogens is 3. The van der Waals surface area contributed by atoms with Gasteiger partial charge in [-0.3, -0.25) is 9.78 Å². The van der Waals surface area contributed by atoms with E-state index in [1.165, 1.54) is 0 Å². The molecule has 0 aliphatic heterocycles. The first-order chi connectivity index (χ1) is 11.6. The Morgan fingerprint density at radius 1 is 1.04 bits per heavy atom. The van der Waals surface area contributed by atoms with Crippen molar-refractivity contribution in [1.29, 1.82) is 0 Å². The van der Waals surface area contributed by atoms with Gasteiger partial charge in [0.25, 0.3) is 0 Å². The molecule has 2 heterocycles.